The van der Waals surface area contributed by atoms with Gasteiger partial charge in [0.05, 0.1) is 5.33 Å². The van der Waals surface area contributed by atoms with Crippen LogP contribution in [0.3, 0.4) is 0 Å². The first kappa shape index (κ1) is 8.08. The lowest BCUT2D eigenvalue weighted by molar-refractivity contribution is 0.0324. The maximum absolute atomic E-state index is 12.0. The van der Waals surface area contributed by atoms with E-state index in [0.29, 0.717) is 0 Å². The van der Waals surface area contributed by atoms with Gasteiger partial charge >= 0.3 is 0 Å². The van der Waals surface area contributed by atoms with Crippen LogP contribution in [0.15, 0.2) is 12.7 Å². The fourth-order valence-corrected chi connectivity index (χ4v) is 0.495. The second-order valence-corrected chi connectivity index (χ2v) is 2.04. The van der Waals surface area contributed by atoms with Crippen LogP contribution in [0.1, 0.15) is 6.42 Å². The van der Waals surface area contributed by atoms with Gasteiger partial charge in [0.2, 0.25) is 0 Å². The summed E-state index contributed by atoms with van der Waals surface area (Å²) in [7, 11) is 0. The molecule has 0 nitrogen and oxygen atoms in total. The minimum absolute atomic E-state index is 0.252. The molecule has 0 radical (unpaired) electrons. The summed E-state index contributed by atoms with van der Waals surface area (Å²) in [6, 6.07) is 0. The average molecular weight is 185 g/mol. The van der Waals surface area contributed by atoms with Gasteiger partial charge in [0.25, 0.3) is 5.92 Å². The van der Waals surface area contributed by atoms with Crippen molar-refractivity contribution in [3.8, 4) is 0 Å². The molecule has 48 valence electrons. The number of hydrogen-bond donors (Lipinski definition) is 0. The SMILES string of the molecule is C=CCC(F)(F)CBr. The van der Waals surface area contributed by atoms with Gasteiger partial charge in [-0.25, -0.2) is 8.78 Å². The van der Waals surface area contributed by atoms with E-state index in [1.165, 1.54) is 6.08 Å². The summed E-state index contributed by atoms with van der Waals surface area (Å²) < 4.78 is 24.1. The van der Waals surface area contributed by atoms with Crippen molar-refractivity contribution in [1.82, 2.24) is 0 Å². The molecule has 0 aromatic heterocycles. The molecular weight excluding hydrogens is 178 g/mol. The van der Waals surface area contributed by atoms with E-state index < -0.39 is 5.92 Å². The molecule has 0 saturated heterocycles. The van der Waals surface area contributed by atoms with Crippen molar-refractivity contribution in [2.24, 2.45) is 0 Å². The molecule has 0 N–H and O–H groups in total. The van der Waals surface area contributed by atoms with Crippen LogP contribution >= 0.6 is 15.9 Å². The summed E-state index contributed by atoms with van der Waals surface area (Å²) in [5, 5.41) is -0.286. The minimum atomic E-state index is -2.61. The summed E-state index contributed by atoms with van der Waals surface area (Å²) in [5.41, 5.74) is 0. The Morgan fingerprint density at radius 3 is 2.25 bits per heavy atom. The second-order valence-electron chi connectivity index (χ2n) is 1.48. The molecule has 0 aliphatic rings. The summed E-state index contributed by atoms with van der Waals surface area (Å²) in [6.07, 6.45) is 0.958. The van der Waals surface area contributed by atoms with Crippen molar-refractivity contribution in [2.45, 2.75) is 12.3 Å². The van der Waals surface area contributed by atoms with Crippen molar-refractivity contribution in [1.29, 1.82) is 0 Å². The molecule has 0 rings (SSSR count). The Labute approximate surface area is 55.7 Å². The van der Waals surface area contributed by atoms with Crippen LogP contribution in [0.2, 0.25) is 0 Å². The minimum Gasteiger partial charge on any atom is -0.206 e. The third-order valence-corrected chi connectivity index (χ3v) is 1.46. The predicted molar refractivity (Wildman–Crippen MR) is 33.6 cm³/mol. The Morgan fingerprint density at radius 1 is 1.62 bits per heavy atom. The molecule has 0 bridgehead atoms. The topological polar surface area (TPSA) is 0 Å². The highest BCUT2D eigenvalue weighted by Gasteiger charge is 2.24. The zero-order chi connectivity index (χ0) is 6.62. The highest BCUT2D eigenvalue weighted by molar-refractivity contribution is 9.09. The lowest BCUT2D eigenvalue weighted by atomic mass is 10.3. The molecule has 3 heteroatoms. The largest absolute Gasteiger partial charge is 0.261 e. The van der Waals surface area contributed by atoms with Crippen molar-refractivity contribution in [2.75, 3.05) is 5.33 Å². The first-order valence-electron chi connectivity index (χ1n) is 2.17. The third kappa shape index (κ3) is 3.13. The van der Waals surface area contributed by atoms with Crippen LogP contribution in [0, 0.1) is 0 Å². The molecule has 0 heterocycles. The van der Waals surface area contributed by atoms with E-state index >= 15 is 0 Å². The molecule has 0 amide bonds. The standard InChI is InChI=1S/C5H7BrF2/c1-2-3-5(7,8)4-6/h2H,1,3-4H2. The van der Waals surface area contributed by atoms with E-state index in [1.54, 1.807) is 0 Å². The molecule has 0 aromatic carbocycles. The summed E-state index contributed by atoms with van der Waals surface area (Å²) in [4.78, 5) is 0. The molecule has 0 aliphatic carbocycles. The molecule has 0 saturated carbocycles. The summed E-state index contributed by atoms with van der Waals surface area (Å²) in [6.45, 7) is 3.19. The maximum atomic E-state index is 12.0. The Morgan fingerprint density at radius 2 is 2.12 bits per heavy atom. The van der Waals surface area contributed by atoms with Gasteiger partial charge in [-0.15, -0.1) is 6.58 Å². The average Bonchev–Trinajstić information content (AvgIpc) is 1.67. The van der Waals surface area contributed by atoms with E-state index in [9.17, 15) is 8.78 Å². The van der Waals surface area contributed by atoms with Crippen LogP contribution in [-0.2, 0) is 0 Å². The lowest BCUT2D eigenvalue weighted by Gasteiger charge is -2.07. The van der Waals surface area contributed by atoms with E-state index in [2.05, 4.69) is 22.5 Å². The normalized spacial score (nSPS) is 11.4. The van der Waals surface area contributed by atoms with Crippen molar-refractivity contribution < 1.29 is 8.78 Å². The highest BCUT2D eigenvalue weighted by atomic mass is 79.9. The highest BCUT2D eigenvalue weighted by Crippen LogP contribution is 2.20. The number of allylic oxidation sites excluding steroid dienone is 1. The Bertz CT molecular complexity index is 80.5. The zero-order valence-electron chi connectivity index (χ0n) is 4.33. The summed E-state index contributed by atoms with van der Waals surface area (Å²) >= 11 is 2.67. The molecule has 0 spiro atoms. The molecular formula is C5H7BrF2. The van der Waals surface area contributed by atoms with E-state index in [-0.39, 0.29) is 11.8 Å². The molecule has 0 aliphatic heterocycles. The first-order valence-corrected chi connectivity index (χ1v) is 3.29. The zero-order valence-corrected chi connectivity index (χ0v) is 5.92. The van der Waals surface area contributed by atoms with Crippen LogP contribution in [-0.4, -0.2) is 11.3 Å². The van der Waals surface area contributed by atoms with Gasteiger partial charge < -0.3 is 0 Å². The van der Waals surface area contributed by atoms with Crippen LogP contribution in [0.5, 0.6) is 0 Å². The van der Waals surface area contributed by atoms with Gasteiger partial charge in [0.1, 0.15) is 0 Å². The third-order valence-electron chi connectivity index (χ3n) is 0.638. The number of hydrogen-bond acceptors (Lipinski definition) is 0. The monoisotopic (exact) mass is 184 g/mol. The Kier molecular flexibility index (Phi) is 3.21. The van der Waals surface area contributed by atoms with Gasteiger partial charge in [-0.1, -0.05) is 22.0 Å². The summed E-state index contributed by atoms with van der Waals surface area (Å²) in [5.74, 6) is -2.61. The molecule has 0 unspecified atom stereocenters. The van der Waals surface area contributed by atoms with E-state index in [4.69, 9.17) is 0 Å². The van der Waals surface area contributed by atoms with E-state index in [1.807, 2.05) is 0 Å². The fraction of sp³-hybridized carbons (Fsp3) is 0.600. The fourth-order valence-electron chi connectivity index (χ4n) is 0.266. The Balaban J connectivity index is 3.53. The van der Waals surface area contributed by atoms with Gasteiger partial charge in [0.15, 0.2) is 0 Å². The first-order chi connectivity index (χ1) is 3.62. The molecule has 0 fully saturated rings. The van der Waals surface area contributed by atoms with E-state index in [0.717, 1.165) is 0 Å². The van der Waals surface area contributed by atoms with Crippen LogP contribution < -0.4 is 0 Å². The predicted octanol–water partition coefficient (Wildman–Crippen LogP) is 2.59. The van der Waals surface area contributed by atoms with Gasteiger partial charge in [-0.2, -0.15) is 0 Å². The number of halogens is 3. The van der Waals surface area contributed by atoms with Crippen LogP contribution in [0.25, 0.3) is 0 Å². The van der Waals surface area contributed by atoms with Crippen molar-refractivity contribution in [3.63, 3.8) is 0 Å². The number of rotatable bonds is 3. The van der Waals surface area contributed by atoms with Crippen LogP contribution in [0.4, 0.5) is 8.78 Å². The number of alkyl halides is 3. The van der Waals surface area contributed by atoms with Crippen molar-refractivity contribution in [3.05, 3.63) is 12.7 Å². The quantitative estimate of drug-likeness (QED) is 0.468. The smallest absolute Gasteiger partial charge is 0.206 e. The van der Waals surface area contributed by atoms with Gasteiger partial charge in [-0.05, 0) is 0 Å². The molecule has 0 atom stereocenters. The van der Waals surface area contributed by atoms with Gasteiger partial charge in [-0.3, -0.25) is 0 Å². The molecule has 0 aromatic rings. The molecule has 8 heavy (non-hydrogen) atoms. The van der Waals surface area contributed by atoms with Gasteiger partial charge in [0, 0.05) is 6.42 Å². The maximum Gasteiger partial charge on any atom is 0.261 e. The van der Waals surface area contributed by atoms with Crippen molar-refractivity contribution >= 4 is 15.9 Å². The Hall–Kier alpha value is 0.0800. The second kappa shape index (κ2) is 3.17. The lowest BCUT2D eigenvalue weighted by Crippen LogP contribution is -2.15.